The van der Waals surface area contributed by atoms with Gasteiger partial charge >= 0.3 is 0 Å². The summed E-state index contributed by atoms with van der Waals surface area (Å²) >= 11 is 1.53. The van der Waals surface area contributed by atoms with E-state index in [0.29, 0.717) is 18.2 Å². The Morgan fingerprint density at radius 3 is 3.18 bits per heavy atom. The van der Waals surface area contributed by atoms with Crippen LogP contribution in [0.5, 0.6) is 5.88 Å². The van der Waals surface area contributed by atoms with E-state index in [2.05, 4.69) is 10.1 Å². The lowest BCUT2D eigenvalue weighted by Crippen LogP contribution is -1.95. The molecule has 2 N–H and O–H groups in total. The van der Waals surface area contributed by atoms with E-state index in [4.69, 9.17) is 15.0 Å². The third-order valence-corrected chi connectivity index (χ3v) is 3.26. The zero-order valence-corrected chi connectivity index (χ0v) is 9.90. The van der Waals surface area contributed by atoms with E-state index >= 15 is 0 Å². The Balaban J connectivity index is 2.12. The van der Waals surface area contributed by atoms with Crippen molar-refractivity contribution >= 4 is 16.3 Å². The fourth-order valence-electron chi connectivity index (χ4n) is 1.58. The molecule has 0 radical (unpaired) electrons. The molecule has 0 saturated heterocycles. The Hall–Kier alpha value is -1.86. The van der Waals surface area contributed by atoms with Gasteiger partial charge in [-0.3, -0.25) is 4.40 Å². The van der Waals surface area contributed by atoms with Crippen molar-refractivity contribution in [2.24, 2.45) is 5.73 Å². The van der Waals surface area contributed by atoms with Crippen molar-refractivity contribution in [2.45, 2.75) is 6.54 Å². The van der Waals surface area contributed by atoms with Crippen molar-refractivity contribution in [3.8, 4) is 17.3 Å². The highest BCUT2D eigenvalue weighted by Gasteiger charge is 2.13. The number of hydrogen-bond donors (Lipinski definition) is 1. The molecule has 3 rings (SSSR count). The largest absolute Gasteiger partial charge is 0.479 e. The molecule has 0 spiro atoms. The molecule has 0 aromatic carbocycles. The van der Waals surface area contributed by atoms with Crippen LogP contribution in [0.2, 0.25) is 0 Å². The summed E-state index contributed by atoms with van der Waals surface area (Å²) in [5.74, 6) is 1.10. The van der Waals surface area contributed by atoms with E-state index in [0.717, 1.165) is 16.3 Å². The predicted molar refractivity (Wildman–Crippen MR) is 63.0 cm³/mol. The van der Waals surface area contributed by atoms with Gasteiger partial charge in [0.1, 0.15) is 5.69 Å². The number of nitrogens with two attached hydrogens (primary N) is 1. The molecule has 0 bridgehead atoms. The number of rotatable bonds is 3. The van der Waals surface area contributed by atoms with Gasteiger partial charge in [0.25, 0.3) is 5.88 Å². The molecule has 3 aromatic rings. The van der Waals surface area contributed by atoms with Crippen LogP contribution < -0.4 is 10.5 Å². The average molecular weight is 250 g/mol. The van der Waals surface area contributed by atoms with Gasteiger partial charge in [-0.25, -0.2) is 4.98 Å². The van der Waals surface area contributed by atoms with Crippen LogP contribution in [0.4, 0.5) is 0 Å². The number of aromatic nitrogens is 3. The van der Waals surface area contributed by atoms with Crippen LogP contribution >= 0.6 is 11.3 Å². The number of thiazole rings is 1. The van der Waals surface area contributed by atoms with Crippen molar-refractivity contribution in [1.82, 2.24) is 14.5 Å². The molecule has 0 amide bonds. The van der Waals surface area contributed by atoms with Gasteiger partial charge in [0.2, 0.25) is 0 Å². The molecule has 3 heterocycles. The highest BCUT2D eigenvalue weighted by Crippen LogP contribution is 2.28. The first-order chi connectivity index (χ1) is 8.31. The summed E-state index contributed by atoms with van der Waals surface area (Å²) in [6, 6.07) is 1.74. The molecule has 0 unspecified atom stereocenters. The highest BCUT2D eigenvalue weighted by atomic mass is 32.1. The van der Waals surface area contributed by atoms with Crippen LogP contribution in [0.25, 0.3) is 16.4 Å². The molecular formula is C10H10N4O2S. The van der Waals surface area contributed by atoms with Gasteiger partial charge in [-0.1, -0.05) is 0 Å². The predicted octanol–water partition coefficient (Wildman–Crippen LogP) is 1.52. The van der Waals surface area contributed by atoms with Gasteiger partial charge in [0, 0.05) is 18.1 Å². The van der Waals surface area contributed by atoms with Gasteiger partial charge < -0.3 is 15.0 Å². The molecule has 0 atom stereocenters. The molecule has 0 aliphatic carbocycles. The Labute approximate surface area is 101 Å². The monoisotopic (exact) mass is 250 g/mol. The van der Waals surface area contributed by atoms with Crippen molar-refractivity contribution in [2.75, 3.05) is 7.11 Å². The van der Waals surface area contributed by atoms with Crippen molar-refractivity contribution in [3.63, 3.8) is 0 Å². The lowest BCUT2D eigenvalue weighted by molar-refractivity contribution is 0.342. The van der Waals surface area contributed by atoms with Crippen LogP contribution in [0.1, 0.15) is 5.69 Å². The summed E-state index contributed by atoms with van der Waals surface area (Å²) in [6.07, 6.45) is 1.90. The zero-order valence-electron chi connectivity index (χ0n) is 9.08. The molecular weight excluding hydrogens is 240 g/mol. The summed E-state index contributed by atoms with van der Waals surface area (Å²) < 4.78 is 12.1. The molecule has 0 aliphatic rings. The van der Waals surface area contributed by atoms with Crippen LogP contribution in [-0.4, -0.2) is 21.7 Å². The topological polar surface area (TPSA) is 78.6 Å². The van der Waals surface area contributed by atoms with Crippen LogP contribution in [-0.2, 0) is 6.54 Å². The minimum atomic E-state index is 0.424. The van der Waals surface area contributed by atoms with E-state index in [9.17, 15) is 0 Å². The van der Waals surface area contributed by atoms with E-state index in [1.54, 1.807) is 13.2 Å². The standard InChI is InChI=1S/C10H10N4O2S/c1-15-9-2-8(16-13-9)7-5-17-10-12-6(3-11)4-14(7)10/h2,4-5H,3,11H2,1H3. The molecule has 7 heteroatoms. The molecule has 0 fully saturated rings. The molecule has 3 aromatic heterocycles. The third kappa shape index (κ3) is 1.60. The number of ether oxygens (including phenoxy) is 1. The second-order valence-electron chi connectivity index (χ2n) is 3.44. The van der Waals surface area contributed by atoms with E-state index in [1.165, 1.54) is 11.3 Å². The Kier molecular flexibility index (Phi) is 2.34. The molecule has 6 nitrogen and oxygen atoms in total. The first-order valence-corrected chi connectivity index (χ1v) is 5.86. The van der Waals surface area contributed by atoms with Crippen molar-refractivity contribution in [1.29, 1.82) is 0 Å². The number of nitrogens with zero attached hydrogens (tertiary/aromatic N) is 3. The van der Waals surface area contributed by atoms with Gasteiger partial charge in [0.15, 0.2) is 10.7 Å². The van der Waals surface area contributed by atoms with E-state index in [1.807, 2.05) is 16.0 Å². The maximum absolute atomic E-state index is 5.56. The lowest BCUT2D eigenvalue weighted by Gasteiger charge is -1.91. The maximum Gasteiger partial charge on any atom is 0.254 e. The Morgan fingerprint density at radius 1 is 1.59 bits per heavy atom. The second kappa shape index (κ2) is 3.86. The number of hydrogen-bond acceptors (Lipinski definition) is 6. The number of methoxy groups -OCH3 is 1. The van der Waals surface area contributed by atoms with E-state index < -0.39 is 0 Å². The number of imidazole rings is 1. The van der Waals surface area contributed by atoms with Gasteiger partial charge in [0.05, 0.1) is 18.9 Å². The average Bonchev–Trinajstić information content (AvgIpc) is 3.02. The lowest BCUT2D eigenvalue weighted by atomic mass is 10.3. The van der Waals surface area contributed by atoms with Gasteiger partial charge in [-0.2, -0.15) is 0 Å². The highest BCUT2D eigenvalue weighted by molar-refractivity contribution is 7.15. The van der Waals surface area contributed by atoms with Crippen molar-refractivity contribution < 1.29 is 9.26 Å². The fourth-order valence-corrected chi connectivity index (χ4v) is 2.46. The van der Waals surface area contributed by atoms with E-state index in [-0.39, 0.29) is 0 Å². The summed E-state index contributed by atoms with van der Waals surface area (Å²) in [5.41, 5.74) is 7.31. The maximum atomic E-state index is 5.56. The summed E-state index contributed by atoms with van der Waals surface area (Å²) in [5, 5.41) is 5.73. The molecule has 88 valence electrons. The normalized spacial score (nSPS) is 11.2. The first-order valence-electron chi connectivity index (χ1n) is 4.98. The van der Waals surface area contributed by atoms with Gasteiger partial charge in [-0.05, 0) is 5.16 Å². The zero-order chi connectivity index (χ0) is 11.8. The summed E-state index contributed by atoms with van der Waals surface area (Å²) in [6.45, 7) is 0.424. The second-order valence-corrected chi connectivity index (χ2v) is 4.28. The minimum Gasteiger partial charge on any atom is -0.479 e. The quantitative estimate of drug-likeness (QED) is 0.762. The Morgan fingerprint density at radius 2 is 2.47 bits per heavy atom. The molecule has 0 saturated carbocycles. The summed E-state index contributed by atoms with van der Waals surface area (Å²) in [7, 11) is 1.55. The summed E-state index contributed by atoms with van der Waals surface area (Å²) in [4.78, 5) is 5.25. The molecule has 0 aliphatic heterocycles. The Bertz CT molecular complexity index is 654. The SMILES string of the molecule is COc1cc(-c2csc3nc(CN)cn23)on1. The minimum absolute atomic E-state index is 0.424. The van der Waals surface area contributed by atoms with Crippen LogP contribution in [0, 0.1) is 0 Å². The molecule has 17 heavy (non-hydrogen) atoms. The van der Waals surface area contributed by atoms with Crippen LogP contribution in [0.15, 0.2) is 22.2 Å². The smallest absolute Gasteiger partial charge is 0.254 e. The number of fused-ring (bicyclic) bond motifs is 1. The van der Waals surface area contributed by atoms with Gasteiger partial charge in [-0.15, -0.1) is 11.3 Å². The first kappa shape index (κ1) is 10.3. The van der Waals surface area contributed by atoms with Crippen molar-refractivity contribution in [3.05, 3.63) is 23.3 Å². The third-order valence-electron chi connectivity index (χ3n) is 2.42. The van der Waals surface area contributed by atoms with Crippen LogP contribution in [0.3, 0.4) is 0 Å². The fraction of sp³-hybridized carbons (Fsp3) is 0.200.